The summed E-state index contributed by atoms with van der Waals surface area (Å²) in [6.07, 6.45) is 1.59. The van der Waals surface area contributed by atoms with Crippen molar-refractivity contribution in [2.75, 3.05) is 13.2 Å². The van der Waals surface area contributed by atoms with E-state index in [0.29, 0.717) is 12.2 Å². The minimum atomic E-state index is -1.27. The molecule has 0 amide bonds. The van der Waals surface area contributed by atoms with Crippen molar-refractivity contribution >= 4 is 47.8 Å². The van der Waals surface area contributed by atoms with E-state index in [-0.39, 0.29) is 18.8 Å². The summed E-state index contributed by atoms with van der Waals surface area (Å²) in [7, 11) is 0. The van der Waals surface area contributed by atoms with Crippen LogP contribution in [0.2, 0.25) is 0 Å². The van der Waals surface area contributed by atoms with Gasteiger partial charge in [-0.2, -0.15) is 0 Å². The Morgan fingerprint density at radius 2 is 1.06 bits per heavy atom. The predicted octanol–water partition coefficient (Wildman–Crippen LogP) is 0.413. The van der Waals surface area contributed by atoms with Gasteiger partial charge in [0.1, 0.15) is 0 Å². The number of rotatable bonds is 12. The molecule has 0 unspecified atom stereocenters. The largest absolute Gasteiger partial charge is 0.481 e. The van der Waals surface area contributed by atoms with E-state index < -0.39 is 66.2 Å². The molecule has 0 aliphatic carbocycles. The third kappa shape index (κ3) is 18.7. The van der Waals surface area contributed by atoms with Crippen LogP contribution in [0.15, 0.2) is 48.6 Å². The Balaban J connectivity index is 0. The smallest absolute Gasteiger partial charge is 0.341 e. The molecule has 0 fully saturated rings. The number of aliphatic carboxylic acids is 2. The maximum atomic E-state index is 11.6. The van der Waals surface area contributed by atoms with Gasteiger partial charge < -0.3 is 29.2 Å². The van der Waals surface area contributed by atoms with Crippen molar-refractivity contribution < 1.29 is 67.5 Å². The first-order valence-electron chi connectivity index (χ1n) is 9.74. The molecule has 2 N–H and O–H groups in total. The molecule has 0 heterocycles. The standard InChI is InChI=1S/C17H18O10.C5H6O4/c1-4-24-12(18)6-8-14(20)26-16(22)10-11(3)17(23)27-15(21)9-7-13(19)25-5-2;1-3(5(8)9)2-4(6)7/h6-9H,3-5,10H2,1-2H3;1-2H2,(H,6,7)(H,8,9)/b8-6+,9-7+;. The number of carboxylic acid groups (broad SMARTS) is 2. The quantitative estimate of drug-likeness (QED) is 0.157. The van der Waals surface area contributed by atoms with Crippen LogP contribution in [0.3, 0.4) is 0 Å². The second-order valence-electron chi connectivity index (χ2n) is 5.93. The van der Waals surface area contributed by atoms with E-state index in [1.54, 1.807) is 13.8 Å². The van der Waals surface area contributed by atoms with Crippen LogP contribution in [0.4, 0.5) is 0 Å². The van der Waals surface area contributed by atoms with Gasteiger partial charge in [-0.05, 0) is 13.8 Å². The highest BCUT2D eigenvalue weighted by Gasteiger charge is 2.18. The normalized spacial score (nSPS) is 9.83. The molecule has 14 nitrogen and oxygen atoms in total. The highest BCUT2D eigenvalue weighted by Crippen LogP contribution is 2.04. The molecule has 196 valence electrons. The number of hydrogen-bond donors (Lipinski definition) is 2. The van der Waals surface area contributed by atoms with Crippen LogP contribution in [0.1, 0.15) is 26.7 Å². The van der Waals surface area contributed by atoms with Crippen LogP contribution in [0, 0.1) is 0 Å². The van der Waals surface area contributed by atoms with Gasteiger partial charge in [0.15, 0.2) is 0 Å². The molecule has 0 radical (unpaired) electrons. The van der Waals surface area contributed by atoms with Gasteiger partial charge in [0.25, 0.3) is 0 Å². The summed E-state index contributed by atoms with van der Waals surface area (Å²) in [5.74, 6) is -8.81. The Labute approximate surface area is 204 Å². The van der Waals surface area contributed by atoms with Crippen molar-refractivity contribution in [3.8, 4) is 0 Å². The minimum Gasteiger partial charge on any atom is -0.481 e. The van der Waals surface area contributed by atoms with E-state index in [0.717, 1.165) is 12.2 Å². The van der Waals surface area contributed by atoms with Crippen LogP contribution < -0.4 is 0 Å². The van der Waals surface area contributed by atoms with E-state index in [9.17, 15) is 38.4 Å². The number of hydrogen-bond acceptors (Lipinski definition) is 12. The van der Waals surface area contributed by atoms with E-state index in [4.69, 9.17) is 10.2 Å². The summed E-state index contributed by atoms with van der Waals surface area (Å²) in [5, 5.41) is 16.1. The lowest BCUT2D eigenvalue weighted by Crippen LogP contribution is -2.17. The van der Waals surface area contributed by atoms with Gasteiger partial charge in [0, 0.05) is 35.5 Å². The van der Waals surface area contributed by atoms with E-state index in [2.05, 4.69) is 32.1 Å². The first-order valence-corrected chi connectivity index (χ1v) is 9.74. The molecule has 0 saturated heterocycles. The molecular formula is C22H24O14. The van der Waals surface area contributed by atoms with Crippen LogP contribution in [-0.4, -0.2) is 71.2 Å². The van der Waals surface area contributed by atoms with Gasteiger partial charge in [-0.15, -0.1) is 0 Å². The summed E-state index contributed by atoms with van der Waals surface area (Å²) in [6, 6.07) is 0. The number of carbonyl (C=O) groups excluding carboxylic acids is 6. The zero-order valence-corrected chi connectivity index (χ0v) is 19.3. The number of carboxylic acids is 2. The van der Waals surface area contributed by atoms with Crippen molar-refractivity contribution in [1.29, 1.82) is 0 Å². The maximum absolute atomic E-state index is 11.6. The molecule has 36 heavy (non-hydrogen) atoms. The molecule has 0 aliphatic heterocycles. The summed E-state index contributed by atoms with van der Waals surface area (Å²) in [4.78, 5) is 87.3. The van der Waals surface area contributed by atoms with Gasteiger partial charge in [-0.25, -0.2) is 28.8 Å². The number of carbonyl (C=O) groups is 8. The van der Waals surface area contributed by atoms with Crippen LogP contribution in [0.5, 0.6) is 0 Å². The van der Waals surface area contributed by atoms with Crippen LogP contribution in [0.25, 0.3) is 0 Å². The first-order chi connectivity index (χ1) is 16.7. The van der Waals surface area contributed by atoms with E-state index >= 15 is 0 Å². The monoisotopic (exact) mass is 512 g/mol. The van der Waals surface area contributed by atoms with Gasteiger partial charge in [0.05, 0.1) is 26.1 Å². The van der Waals surface area contributed by atoms with Gasteiger partial charge in [0.2, 0.25) is 0 Å². The molecule has 0 aromatic carbocycles. The van der Waals surface area contributed by atoms with Crippen LogP contribution in [-0.2, 0) is 57.3 Å². The number of esters is 6. The summed E-state index contributed by atoms with van der Waals surface area (Å²) < 4.78 is 17.7. The maximum Gasteiger partial charge on any atom is 0.341 e. The Morgan fingerprint density at radius 1 is 0.639 bits per heavy atom. The van der Waals surface area contributed by atoms with E-state index in [1.165, 1.54) is 0 Å². The first kappa shape index (κ1) is 33.3. The molecule has 14 heteroatoms. The Hall–Kier alpha value is -4.88. The third-order valence-electron chi connectivity index (χ3n) is 3.01. The zero-order valence-electron chi connectivity index (χ0n) is 19.3. The van der Waals surface area contributed by atoms with Crippen LogP contribution >= 0.6 is 0 Å². The Kier molecular flexibility index (Phi) is 17.1. The van der Waals surface area contributed by atoms with Crippen molar-refractivity contribution in [3.63, 3.8) is 0 Å². The van der Waals surface area contributed by atoms with E-state index in [1.807, 2.05) is 0 Å². The zero-order chi connectivity index (χ0) is 28.3. The molecule has 0 bridgehead atoms. The second kappa shape index (κ2) is 18.5. The second-order valence-corrected chi connectivity index (χ2v) is 5.93. The molecular weight excluding hydrogens is 488 g/mol. The molecule has 0 aliphatic rings. The fourth-order valence-electron chi connectivity index (χ4n) is 1.54. The summed E-state index contributed by atoms with van der Waals surface area (Å²) in [5.41, 5.74) is -0.775. The van der Waals surface area contributed by atoms with Gasteiger partial charge in [-0.1, -0.05) is 13.2 Å². The van der Waals surface area contributed by atoms with Gasteiger partial charge >= 0.3 is 47.8 Å². The molecule has 0 aromatic heterocycles. The molecule has 0 spiro atoms. The SMILES string of the molecule is C=C(CC(=O)O)C(=O)O.C=C(CC(=O)OC(=O)/C=C/C(=O)OCC)C(=O)OC(=O)/C=C/C(=O)OCC. The number of ether oxygens (including phenoxy) is 4. The minimum absolute atomic E-state index is 0.101. The molecule has 0 aromatic rings. The topological polar surface area (TPSA) is 214 Å². The summed E-state index contributed by atoms with van der Waals surface area (Å²) in [6.45, 7) is 9.58. The average molecular weight is 512 g/mol. The highest BCUT2D eigenvalue weighted by atomic mass is 16.6. The molecule has 0 saturated carbocycles. The third-order valence-corrected chi connectivity index (χ3v) is 3.01. The highest BCUT2D eigenvalue weighted by molar-refractivity contribution is 6.04. The van der Waals surface area contributed by atoms with Crippen molar-refractivity contribution in [2.45, 2.75) is 26.7 Å². The average Bonchev–Trinajstić information content (AvgIpc) is 2.76. The fourth-order valence-corrected chi connectivity index (χ4v) is 1.54. The summed E-state index contributed by atoms with van der Waals surface area (Å²) >= 11 is 0. The Bertz CT molecular complexity index is 967. The lowest BCUT2D eigenvalue weighted by molar-refractivity contribution is -0.159. The molecule has 0 atom stereocenters. The van der Waals surface area contributed by atoms with Crippen molar-refractivity contribution in [1.82, 2.24) is 0 Å². The lowest BCUT2D eigenvalue weighted by atomic mass is 10.2. The predicted molar refractivity (Wildman–Crippen MR) is 117 cm³/mol. The van der Waals surface area contributed by atoms with Gasteiger partial charge in [-0.3, -0.25) is 9.59 Å². The van der Waals surface area contributed by atoms with Crippen molar-refractivity contribution in [2.24, 2.45) is 0 Å². The van der Waals surface area contributed by atoms with Crippen molar-refractivity contribution in [3.05, 3.63) is 48.6 Å². The lowest BCUT2D eigenvalue weighted by Gasteiger charge is -2.03. The molecule has 0 rings (SSSR count). The fraction of sp³-hybridized carbons (Fsp3) is 0.273. The Morgan fingerprint density at radius 3 is 1.42 bits per heavy atom.